The highest BCUT2D eigenvalue weighted by Crippen LogP contribution is 2.49. The third kappa shape index (κ3) is 2.86. The molecule has 124 valence electrons. The van der Waals surface area contributed by atoms with E-state index < -0.39 is 8.80 Å². The number of hydrogen-bond donors (Lipinski definition) is 0. The highest BCUT2D eigenvalue weighted by Gasteiger charge is 2.34. The van der Waals surface area contributed by atoms with Gasteiger partial charge in [-0.1, -0.05) is 50.2 Å². The van der Waals surface area contributed by atoms with E-state index in [1.165, 1.54) is 57.8 Å². The Morgan fingerprint density at radius 3 is 2.30 bits per heavy atom. The molecule has 0 heterocycles. The van der Waals surface area contributed by atoms with Crippen LogP contribution in [-0.4, -0.2) is 8.80 Å². The second-order valence-corrected chi connectivity index (χ2v) is 11.8. The maximum absolute atomic E-state index is 2.59. The van der Waals surface area contributed by atoms with Gasteiger partial charge in [-0.2, -0.15) is 0 Å². The first-order valence-electron chi connectivity index (χ1n) is 10.1. The molecule has 4 aliphatic rings. The SMILES string of the molecule is C[SiH](C)C1CCC[C@H]2CC=CC2=C1C1=C2C=CC[C@@H]2CCCC1. The van der Waals surface area contributed by atoms with Crippen molar-refractivity contribution in [2.45, 2.75) is 76.4 Å². The van der Waals surface area contributed by atoms with E-state index in [4.69, 9.17) is 0 Å². The summed E-state index contributed by atoms with van der Waals surface area (Å²) in [5.74, 6) is 1.70. The Kier molecular flexibility index (Phi) is 4.49. The highest BCUT2D eigenvalue weighted by atomic mass is 28.3. The third-order valence-corrected chi connectivity index (χ3v) is 9.05. The van der Waals surface area contributed by atoms with Gasteiger partial charge >= 0.3 is 0 Å². The first-order valence-corrected chi connectivity index (χ1v) is 13.0. The summed E-state index contributed by atoms with van der Waals surface area (Å²) < 4.78 is 0. The standard InChI is InChI=1S/C22H32Si/c1-23(2)21-15-7-11-17-10-6-14-19(17)22(21)20-12-4-3-8-16-9-5-13-18(16)20/h5-6,13-14,16-17,21,23H,3-4,7-12,15H2,1-2H3/t16-,17+,21?/m0/s1. The molecular formula is C22H32Si. The van der Waals surface area contributed by atoms with Crippen molar-refractivity contribution < 1.29 is 0 Å². The fourth-order valence-electron chi connectivity index (χ4n) is 5.58. The van der Waals surface area contributed by atoms with Gasteiger partial charge in [0.05, 0.1) is 0 Å². The minimum absolute atomic E-state index is 0.665. The molecule has 0 aromatic carbocycles. The normalized spacial score (nSPS) is 34.0. The van der Waals surface area contributed by atoms with Crippen molar-refractivity contribution in [3.8, 4) is 0 Å². The van der Waals surface area contributed by atoms with Crippen LogP contribution in [0.1, 0.15) is 57.8 Å². The second kappa shape index (κ2) is 6.59. The molecule has 1 heteroatoms. The molecule has 0 aromatic rings. The Morgan fingerprint density at radius 1 is 0.826 bits per heavy atom. The van der Waals surface area contributed by atoms with Crippen LogP contribution < -0.4 is 0 Å². The van der Waals surface area contributed by atoms with Gasteiger partial charge in [0.15, 0.2) is 0 Å². The zero-order valence-electron chi connectivity index (χ0n) is 15.0. The minimum atomic E-state index is -0.665. The smallest absolute Gasteiger partial charge is 0.0388 e. The van der Waals surface area contributed by atoms with Gasteiger partial charge in [0, 0.05) is 8.80 Å². The van der Waals surface area contributed by atoms with Gasteiger partial charge < -0.3 is 0 Å². The molecule has 0 aromatic heterocycles. The first kappa shape index (κ1) is 15.7. The van der Waals surface area contributed by atoms with E-state index in [0.717, 1.165) is 17.4 Å². The van der Waals surface area contributed by atoms with Crippen LogP contribution in [0, 0.1) is 11.8 Å². The Balaban J connectivity index is 1.87. The maximum Gasteiger partial charge on any atom is 0.0388 e. The van der Waals surface area contributed by atoms with Gasteiger partial charge in [-0.15, -0.1) is 0 Å². The molecule has 0 fully saturated rings. The van der Waals surface area contributed by atoms with Gasteiger partial charge in [0.25, 0.3) is 0 Å². The van der Waals surface area contributed by atoms with Crippen LogP contribution in [-0.2, 0) is 0 Å². The number of allylic oxidation sites excluding steroid dienone is 8. The molecule has 0 aliphatic heterocycles. The molecule has 4 rings (SSSR count). The van der Waals surface area contributed by atoms with Crippen LogP contribution in [0.4, 0.5) is 0 Å². The summed E-state index contributed by atoms with van der Waals surface area (Å²) in [6, 6.07) is 0. The van der Waals surface area contributed by atoms with Crippen molar-refractivity contribution in [1.82, 2.24) is 0 Å². The van der Waals surface area contributed by atoms with Crippen LogP contribution >= 0.6 is 0 Å². The van der Waals surface area contributed by atoms with Gasteiger partial charge in [-0.25, -0.2) is 0 Å². The van der Waals surface area contributed by atoms with Crippen LogP contribution in [0.5, 0.6) is 0 Å². The predicted molar refractivity (Wildman–Crippen MR) is 103 cm³/mol. The molecule has 0 saturated carbocycles. The lowest BCUT2D eigenvalue weighted by Crippen LogP contribution is -2.17. The summed E-state index contributed by atoms with van der Waals surface area (Å²) in [4.78, 5) is 0. The van der Waals surface area contributed by atoms with E-state index in [1.807, 2.05) is 11.1 Å². The third-order valence-electron chi connectivity index (χ3n) is 6.77. The average molecular weight is 325 g/mol. The van der Waals surface area contributed by atoms with Gasteiger partial charge in [-0.3, -0.25) is 0 Å². The molecule has 1 unspecified atom stereocenters. The Hall–Kier alpha value is -0.823. The molecule has 3 atom stereocenters. The van der Waals surface area contributed by atoms with Crippen molar-refractivity contribution in [3.63, 3.8) is 0 Å². The van der Waals surface area contributed by atoms with Gasteiger partial charge in [-0.05, 0) is 84.6 Å². The van der Waals surface area contributed by atoms with Crippen molar-refractivity contribution in [2.75, 3.05) is 0 Å². The van der Waals surface area contributed by atoms with Crippen LogP contribution in [0.2, 0.25) is 18.6 Å². The van der Waals surface area contributed by atoms with Crippen LogP contribution in [0.3, 0.4) is 0 Å². The van der Waals surface area contributed by atoms with E-state index in [0.29, 0.717) is 0 Å². The first-order chi connectivity index (χ1) is 11.3. The van der Waals surface area contributed by atoms with Crippen molar-refractivity contribution in [1.29, 1.82) is 0 Å². The van der Waals surface area contributed by atoms with E-state index in [1.54, 1.807) is 11.1 Å². The van der Waals surface area contributed by atoms with Crippen molar-refractivity contribution >= 4 is 8.80 Å². The molecule has 0 amide bonds. The Morgan fingerprint density at radius 2 is 1.52 bits per heavy atom. The monoisotopic (exact) mass is 324 g/mol. The lowest BCUT2D eigenvalue weighted by Gasteiger charge is -2.28. The van der Waals surface area contributed by atoms with E-state index in [-0.39, 0.29) is 0 Å². The Labute approximate surface area is 144 Å². The maximum atomic E-state index is 2.59. The fraction of sp³-hybridized carbons (Fsp3) is 0.636. The topological polar surface area (TPSA) is 0 Å². The summed E-state index contributed by atoms with van der Waals surface area (Å²) in [5.41, 5.74) is 8.15. The predicted octanol–water partition coefficient (Wildman–Crippen LogP) is 6.35. The molecule has 4 aliphatic carbocycles. The quantitative estimate of drug-likeness (QED) is 0.519. The molecule has 0 spiro atoms. The average Bonchev–Trinajstić information content (AvgIpc) is 3.09. The van der Waals surface area contributed by atoms with Crippen molar-refractivity contribution in [3.05, 3.63) is 46.6 Å². The summed E-state index contributed by atoms with van der Waals surface area (Å²) >= 11 is 0. The van der Waals surface area contributed by atoms with Gasteiger partial charge in [0.1, 0.15) is 0 Å². The Bertz CT molecular complexity index is 587. The minimum Gasteiger partial charge on any atom is -0.0836 e. The van der Waals surface area contributed by atoms with Crippen LogP contribution in [0.25, 0.3) is 0 Å². The zero-order valence-corrected chi connectivity index (χ0v) is 16.1. The number of hydrogen-bond acceptors (Lipinski definition) is 0. The summed E-state index contributed by atoms with van der Waals surface area (Å²) in [6.45, 7) is 5.18. The zero-order chi connectivity index (χ0) is 15.8. The molecule has 0 radical (unpaired) electrons. The number of fused-ring (bicyclic) bond motifs is 2. The summed E-state index contributed by atoms with van der Waals surface area (Å²) in [6.07, 6.45) is 22.6. The van der Waals surface area contributed by atoms with Gasteiger partial charge in [0.2, 0.25) is 0 Å². The van der Waals surface area contributed by atoms with Crippen LogP contribution in [0.15, 0.2) is 46.6 Å². The molecule has 0 nitrogen and oxygen atoms in total. The molecule has 0 bridgehead atoms. The molecular weight excluding hydrogens is 292 g/mol. The molecule has 23 heavy (non-hydrogen) atoms. The lowest BCUT2D eigenvalue weighted by molar-refractivity contribution is 0.566. The molecule has 0 N–H and O–H groups in total. The largest absolute Gasteiger partial charge is 0.0836 e. The second-order valence-electron chi connectivity index (χ2n) is 8.50. The highest BCUT2D eigenvalue weighted by molar-refractivity contribution is 6.58. The van der Waals surface area contributed by atoms with E-state index in [2.05, 4.69) is 37.4 Å². The fourth-order valence-corrected chi connectivity index (χ4v) is 7.54. The van der Waals surface area contributed by atoms with E-state index >= 15 is 0 Å². The lowest BCUT2D eigenvalue weighted by atomic mass is 9.85. The number of rotatable bonds is 2. The van der Waals surface area contributed by atoms with E-state index in [9.17, 15) is 0 Å². The molecule has 0 saturated heterocycles. The summed E-state index contributed by atoms with van der Waals surface area (Å²) in [7, 11) is -0.665. The van der Waals surface area contributed by atoms with Crippen molar-refractivity contribution in [2.24, 2.45) is 11.8 Å². The summed E-state index contributed by atoms with van der Waals surface area (Å²) in [5, 5.41) is 0.